The summed E-state index contributed by atoms with van der Waals surface area (Å²) in [6.45, 7) is 8.80. The van der Waals surface area contributed by atoms with Crippen molar-refractivity contribution in [3.63, 3.8) is 0 Å². The average molecular weight is 188 g/mol. The molecule has 0 rings (SSSR count). The lowest BCUT2D eigenvalue weighted by Gasteiger charge is -2.17. The van der Waals surface area contributed by atoms with Crippen LogP contribution in [0.2, 0.25) is 0 Å². The minimum atomic E-state index is -0.255. The van der Waals surface area contributed by atoms with E-state index >= 15 is 0 Å². The number of hydrogen-bond acceptors (Lipinski definition) is 2. The molecule has 0 saturated carbocycles. The van der Waals surface area contributed by atoms with Crippen molar-refractivity contribution >= 4 is 5.97 Å². The van der Waals surface area contributed by atoms with Gasteiger partial charge >= 0.3 is 5.97 Å². The van der Waals surface area contributed by atoms with Crippen molar-refractivity contribution < 1.29 is 15.3 Å². The van der Waals surface area contributed by atoms with E-state index < -0.39 is 0 Å². The Hall–Kier alpha value is -0.570. The number of rotatable bonds is 4. The maximum absolute atomic E-state index is 11.0. The summed E-state index contributed by atoms with van der Waals surface area (Å²) >= 11 is 0. The molecular formula is C10H22NO2+. The van der Waals surface area contributed by atoms with Gasteiger partial charge in [0.05, 0.1) is 6.61 Å². The largest absolute Gasteiger partial charge is 0.461 e. The van der Waals surface area contributed by atoms with Crippen LogP contribution in [0.3, 0.4) is 0 Å². The summed E-state index contributed by atoms with van der Waals surface area (Å²) in [4.78, 5) is 11.0. The molecule has 0 amide bonds. The molecule has 13 heavy (non-hydrogen) atoms. The first-order chi connectivity index (χ1) is 5.83. The lowest BCUT2D eigenvalue weighted by atomic mass is 9.91. The number of ether oxygens (including phenoxy) is 1. The van der Waals surface area contributed by atoms with E-state index in [1.165, 1.54) is 0 Å². The van der Waals surface area contributed by atoms with Crippen molar-refractivity contribution in [3.8, 4) is 0 Å². The molecule has 3 nitrogen and oxygen atoms in total. The fourth-order valence-electron chi connectivity index (χ4n) is 0.918. The van der Waals surface area contributed by atoms with Crippen LogP contribution in [0.5, 0.6) is 0 Å². The first-order valence-electron chi connectivity index (χ1n) is 4.82. The van der Waals surface area contributed by atoms with Gasteiger partial charge in [0.1, 0.15) is 0 Å². The zero-order valence-electron chi connectivity index (χ0n) is 9.22. The van der Waals surface area contributed by atoms with Crippen LogP contribution < -0.4 is 5.73 Å². The quantitative estimate of drug-likeness (QED) is 0.528. The van der Waals surface area contributed by atoms with Gasteiger partial charge < -0.3 is 10.5 Å². The molecule has 0 aromatic rings. The molecule has 1 atom stereocenters. The Morgan fingerprint density at radius 1 is 1.46 bits per heavy atom. The highest BCUT2D eigenvalue weighted by Crippen LogP contribution is 2.20. The summed E-state index contributed by atoms with van der Waals surface area (Å²) < 4.78 is 5.00. The molecule has 0 aliphatic carbocycles. The van der Waals surface area contributed by atoms with Gasteiger partial charge in [-0.3, -0.25) is 0 Å². The smallest absolute Gasteiger partial charge is 0.364 e. The molecule has 0 bridgehead atoms. The third-order valence-electron chi connectivity index (χ3n) is 1.72. The van der Waals surface area contributed by atoms with Crippen LogP contribution in [0.1, 0.15) is 40.5 Å². The summed E-state index contributed by atoms with van der Waals surface area (Å²) in [5, 5.41) is 0. The van der Waals surface area contributed by atoms with E-state index in [1.54, 1.807) is 6.92 Å². The maximum Gasteiger partial charge on any atom is 0.364 e. The molecule has 0 spiro atoms. The molecule has 0 saturated heterocycles. The highest BCUT2D eigenvalue weighted by atomic mass is 16.5. The Kier molecular flexibility index (Phi) is 4.99. The number of quaternary nitrogens is 1. The monoisotopic (exact) mass is 188 g/mol. The Labute approximate surface area is 80.6 Å². The zero-order chi connectivity index (χ0) is 10.5. The average Bonchev–Trinajstić information content (AvgIpc) is 1.95. The van der Waals surface area contributed by atoms with Gasteiger partial charge in [-0.25, -0.2) is 4.79 Å². The van der Waals surface area contributed by atoms with Crippen LogP contribution in [-0.4, -0.2) is 18.6 Å². The summed E-state index contributed by atoms with van der Waals surface area (Å²) in [5.74, 6) is -0.200. The predicted octanol–water partition coefficient (Wildman–Crippen LogP) is 0.986. The molecule has 3 heteroatoms. The van der Waals surface area contributed by atoms with Gasteiger partial charge in [0.15, 0.2) is 6.04 Å². The summed E-state index contributed by atoms with van der Waals surface area (Å²) in [7, 11) is 0. The Morgan fingerprint density at radius 3 is 2.38 bits per heavy atom. The van der Waals surface area contributed by atoms with Gasteiger partial charge in [-0.1, -0.05) is 20.8 Å². The van der Waals surface area contributed by atoms with E-state index in [1.807, 2.05) is 0 Å². The topological polar surface area (TPSA) is 53.9 Å². The van der Waals surface area contributed by atoms with E-state index in [4.69, 9.17) is 4.74 Å². The van der Waals surface area contributed by atoms with E-state index in [0.29, 0.717) is 12.0 Å². The molecule has 0 radical (unpaired) electrons. The third-order valence-corrected chi connectivity index (χ3v) is 1.72. The van der Waals surface area contributed by atoms with Crippen molar-refractivity contribution in [1.82, 2.24) is 0 Å². The van der Waals surface area contributed by atoms with Crippen LogP contribution in [0.15, 0.2) is 0 Å². The van der Waals surface area contributed by atoms with Gasteiger partial charge in [0, 0.05) is 0 Å². The SMILES string of the molecule is CC([NH3+])C(=O)OCCCC(C)(C)C. The van der Waals surface area contributed by atoms with Crippen LogP contribution in [-0.2, 0) is 9.53 Å². The molecule has 0 fully saturated rings. The van der Waals surface area contributed by atoms with Gasteiger partial charge in [-0.15, -0.1) is 0 Å². The molecule has 1 unspecified atom stereocenters. The van der Waals surface area contributed by atoms with Crippen molar-refractivity contribution in [2.24, 2.45) is 5.41 Å². The molecule has 0 aromatic heterocycles. The summed E-state index contributed by atoms with van der Waals surface area (Å²) in [6, 6.07) is -0.255. The Bertz CT molecular complexity index is 159. The van der Waals surface area contributed by atoms with Crippen LogP contribution in [0.25, 0.3) is 0 Å². The number of hydrogen-bond donors (Lipinski definition) is 1. The normalized spacial score (nSPS) is 13.9. The van der Waals surface area contributed by atoms with Gasteiger partial charge in [-0.2, -0.15) is 0 Å². The number of carbonyl (C=O) groups is 1. The van der Waals surface area contributed by atoms with Crippen molar-refractivity contribution in [3.05, 3.63) is 0 Å². The standard InChI is InChI=1S/C10H21NO2/c1-8(11)9(12)13-7-5-6-10(2,3)4/h8H,5-7,11H2,1-4H3/p+1. The van der Waals surface area contributed by atoms with E-state index in [2.05, 4.69) is 26.5 Å². The summed E-state index contributed by atoms with van der Waals surface area (Å²) in [5.41, 5.74) is 3.91. The summed E-state index contributed by atoms with van der Waals surface area (Å²) in [6.07, 6.45) is 2.01. The van der Waals surface area contributed by atoms with Crippen molar-refractivity contribution in [1.29, 1.82) is 0 Å². The molecular weight excluding hydrogens is 166 g/mol. The van der Waals surface area contributed by atoms with Crippen molar-refractivity contribution in [2.45, 2.75) is 46.6 Å². The first kappa shape index (κ1) is 12.4. The van der Waals surface area contributed by atoms with Crippen LogP contribution in [0, 0.1) is 5.41 Å². The Balaban J connectivity index is 3.42. The highest BCUT2D eigenvalue weighted by Gasteiger charge is 2.13. The fraction of sp³-hybridized carbons (Fsp3) is 0.900. The van der Waals surface area contributed by atoms with Gasteiger partial charge in [0.25, 0.3) is 0 Å². The predicted molar refractivity (Wildman–Crippen MR) is 52.0 cm³/mol. The van der Waals surface area contributed by atoms with Gasteiger partial charge in [0.2, 0.25) is 0 Å². The van der Waals surface area contributed by atoms with E-state index in [0.717, 1.165) is 12.8 Å². The lowest BCUT2D eigenvalue weighted by Crippen LogP contribution is -2.63. The molecule has 0 aliphatic rings. The second-order valence-corrected chi connectivity index (χ2v) is 4.73. The molecule has 0 aromatic carbocycles. The first-order valence-corrected chi connectivity index (χ1v) is 4.82. The lowest BCUT2D eigenvalue weighted by molar-refractivity contribution is -0.402. The zero-order valence-corrected chi connectivity index (χ0v) is 9.22. The van der Waals surface area contributed by atoms with E-state index in [9.17, 15) is 4.79 Å². The second kappa shape index (κ2) is 5.22. The van der Waals surface area contributed by atoms with Crippen LogP contribution >= 0.6 is 0 Å². The number of carbonyl (C=O) groups excluding carboxylic acids is 1. The minimum absolute atomic E-state index is 0.200. The van der Waals surface area contributed by atoms with Crippen LogP contribution in [0.4, 0.5) is 0 Å². The molecule has 3 N–H and O–H groups in total. The minimum Gasteiger partial charge on any atom is -0.461 e. The molecule has 0 heterocycles. The number of esters is 1. The Morgan fingerprint density at radius 2 is 2.00 bits per heavy atom. The maximum atomic E-state index is 11.0. The third kappa shape index (κ3) is 7.78. The van der Waals surface area contributed by atoms with Gasteiger partial charge in [-0.05, 0) is 25.2 Å². The van der Waals surface area contributed by atoms with E-state index in [-0.39, 0.29) is 12.0 Å². The second-order valence-electron chi connectivity index (χ2n) is 4.73. The molecule has 0 aliphatic heterocycles. The fourth-order valence-corrected chi connectivity index (χ4v) is 0.918. The molecule has 78 valence electrons. The highest BCUT2D eigenvalue weighted by molar-refractivity contribution is 5.73. The van der Waals surface area contributed by atoms with Crippen molar-refractivity contribution in [2.75, 3.05) is 6.61 Å².